The van der Waals surface area contributed by atoms with E-state index >= 15 is 0 Å². The largest absolute Gasteiger partial charge is 0.339 e. The lowest BCUT2D eigenvalue weighted by Crippen LogP contribution is -2.51. The minimum Gasteiger partial charge on any atom is -0.339 e. The summed E-state index contributed by atoms with van der Waals surface area (Å²) in [5.41, 5.74) is 0.531. The van der Waals surface area contributed by atoms with Crippen LogP contribution in [0.2, 0.25) is 5.02 Å². The summed E-state index contributed by atoms with van der Waals surface area (Å²) >= 11 is 7.85. The number of thiophene rings is 1. The molecule has 2 atom stereocenters. The molecule has 4 rings (SSSR count). The molecule has 1 aromatic carbocycles. The summed E-state index contributed by atoms with van der Waals surface area (Å²) in [5.74, 6) is 0.712. The van der Waals surface area contributed by atoms with Gasteiger partial charge < -0.3 is 9.80 Å². The summed E-state index contributed by atoms with van der Waals surface area (Å²) in [7, 11) is 0. The van der Waals surface area contributed by atoms with Crippen molar-refractivity contribution in [3.63, 3.8) is 0 Å². The van der Waals surface area contributed by atoms with E-state index in [4.69, 9.17) is 11.6 Å². The molecule has 6 heteroatoms. The molecule has 2 fully saturated rings. The highest BCUT2D eigenvalue weighted by molar-refractivity contribution is 7.10. The van der Waals surface area contributed by atoms with E-state index in [1.807, 2.05) is 23.1 Å². The van der Waals surface area contributed by atoms with Gasteiger partial charge in [-0.2, -0.15) is 0 Å². The molecule has 2 heterocycles. The van der Waals surface area contributed by atoms with Gasteiger partial charge in [-0.3, -0.25) is 9.59 Å². The predicted octanol–water partition coefficient (Wildman–Crippen LogP) is 3.49. The van der Waals surface area contributed by atoms with Crippen LogP contribution in [0.4, 0.5) is 0 Å². The van der Waals surface area contributed by atoms with Crippen molar-refractivity contribution in [1.82, 2.24) is 9.80 Å². The second-order valence-electron chi connectivity index (χ2n) is 6.56. The van der Waals surface area contributed by atoms with Gasteiger partial charge in [-0.15, -0.1) is 11.3 Å². The molecule has 2 aromatic rings. The second kappa shape index (κ2) is 6.81. The average Bonchev–Trinajstić information content (AvgIpc) is 3.25. The molecule has 1 saturated heterocycles. The van der Waals surface area contributed by atoms with Crippen molar-refractivity contribution in [2.45, 2.75) is 12.3 Å². The van der Waals surface area contributed by atoms with Gasteiger partial charge in [0.05, 0.1) is 10.6 Å². The zero-order valence-electron chi connectivity index (χ0n) is 13.7. The summed E-state index contributed by atoms with van der Waals surface area (Å²) in [5, 5.41) is 2.54. The maximum atomic E-state index is 12.7. The van der Waals surface area contributed by atoms with E-state index in [9.17, 15) is 9.59 Å². The molecule has 0 radical (unpaired) electrons. The first-order chi connectivity index (χ1) is 12.1. The van der Waals surface area contributed by atoms with E-state index in [1.165, 1.54) is 4.88 Å². The first-order valence-corrected chi connectivity index (χ1v) is 9.77. The maximum absolute atomic E-state index is 12.7. The van der Waals surface area contributed by atoms with Crippen molar-refractivity contribution in [2.24, 2.45) is 5.92 Å². The topological polar surface area (TPSA) is 40.6 Å². The lowest BCUT2D eigenvalue weighted by Gasteiger charge is -2.35. The highest BCUT2D eigenvalue weighted by Crippen LogP contribution is 2.50. The fraction of sp³-hybridized carbons (Fsp3) is 0.368. The quantitative estimate of drug-likeness (QED) is 0.825. The molecule has 2 amide bonds. The van der Waals surface area contributed by atoms with Crippen LogP contribution in [-0.4, -0.2) is 47.8 Å². The fourth-order valence-electron chi connectivity index (χ4n) is 3.45. The molecule has 25 heavy (non-hydrogen) atoms. The lowest BCUT2D eigenvalue weighted by molar-refractivity contribution is -0.134. The highest BCUT2D eigenvalue weighted by Gasteiger charge is 2.46. The number of carbonyl (C=O) groups excluding carboxylic acids is 2. The van der Waals surface area contributed by atoms with Gasteiger partial charge in [0.15, 0.2) is 0 Å². The summed E-state index contributed by atoms with van der Waals surface area (Å²) in [4.78, 5) is 30.3. The van der Waals surface area contributed by atoms with Gasteiger partial charge in [0.1, 0.15) is 0 Å². The zero-order valence-corrected chi connectivity index (χ0v) is 15.3. The van der Waals surface area contributed by atoms with Crippen LogP contribution in [0.25, 0.3) is 0 Å². The number of carbonyl (C=O) groups is 2. The number of benzene rings is 1. The molecule has 1 aromatic heterocycles. The van der Waals surface area contributed by atoms with Crippen LogP contribution in [0.1, 0.15) is 27.6 Å². The number of piperazine rings is 1. The van der Waals surface area contributed by atoms with Crippen LogP contribution >= 0.6 is 22.9 Å². The van der Waals surface area contributed by atoms with Gasteiger partial charge in [-0.25, -0.2) is 0 Å². The third-order valence-electron chi connectivity index (χ3n) is 5.00. The van der Waals surface area contributed by atoms with Crippen LogP contribution in [0.3, 0.4) is 0 Å². The number of hydrogen-bond acceptors (Lipinski definition) is 3. The Morgan fingerprint density at radius 2 is 1.72 bits per heavy atom. The van der Waals surface area contributed by atoms with Crippen molar-refractivity contribution in [2.75, 3.05) is 26.2 Å². The Labute approximate surface area is 156 Å². The van der Waals surface area contributed by atoms with Gasteiger partial charge in [0.25, 0.3) is 5.91 Å². The Balaban J connectivity index is 1.34. The molecule has 0 spiro atoms. The summed E-state index contributed by atoms with van der Waals surface area (Å²) in [6.45, 7) is 2.32. The van der Waals surface area contributed by atoms with Crippen LogP contribution in [0.5, 0.6) is 0 Å². The van der Waals surface area contributed by atoms with Gasteiger partial charge >= 0.3 is 0 Å². The molecule has 4 nitrogen and oxygen atoms in total. The van der Waals surface area contributed by atoms with Crippen molar-refractivity contribution >= 4 is 34.8 Å². The summed E-state index contributed by atoms with van der Waals surface area (Å²) in [6.07, 6.45) is 0.956. The average molecular weight is 375 g/mol. The Bertz CT molecular complexity index is 784. The molecule has 0 unspecified atom stereocenters. The van der Waals surface area contributed by atoms with Gasteiger partial charge in [-0.05, 0) is 30.0 Å². The van der Waals surface area contributed by atoms with Crippen LogP contribution < -0.4 is 0 Å². The van der Waals surface area contributed by atoms with E-state index in [-0.39, 0.29) is 17.7 Å². The van der Waals surface area contributed by atoms with E-state index in [1.54, 1.807) is 28.4 Å². The second-order valence-corrected chi connectivity index (χ2v) is 7.95. The summed E-state index contributed by atoms with van der Waals surface area (Å²) in [6, 6.07) is 11.3. The molecular formula is C19H19ClN2O2S. The number of halogens is 1. The number of rotatable bonds is 3. The molecule has 1 aliphatic carbocycles. The Kier molecular flexibility index (Phi) is 4.52. The molecule has 1 aliphatic heterocycles. The monoisotopic (exact) mass is 374 g/mol. The zero-order chi connectivity index (χ0) is 17.4. The number of hydrogen-bond donors (Lipinski definition) is 0. The van der Waals surface area contributed by atoms with E-state index in [0.717, 1.165) is 6.42 Å². The van der Waals surface area contributed by atoms with Crippen molar-refractivity contribution in [1.29, 1.82) is 0 Å². The smallest absolute Gasteiger partial charge is 0.255 e. The highest BCUT2D eigenvalue weighted by atomic mass is 35.5. The minimum absolute atomic E-state index is 0.0550. The van der Waals surface area contributed by atoms with Gasteiger partial charge in [-0.1, -0.05) is 29.8 Å². The SMILES string of the molecule is O=C(c1ccccc1Cl)N1CCN(C(=O)[C@@H]2C[C@@H]2c2cccs2)CC1. The van der Waals surface area contributed by atoms with Crippen molar-refractivity contribution < 1.29 is 9.59 Å². The molecular weight excluding hydrogens is 356 g/mol. The van der Waals surface area contributed by atoms with Crippen molar-refractivity contribution in [3.05, 3.63) is 57.2 Å². The van der Waals surface area contributed by atoms with Crippen LogP contribution in [-0.2, 0) is 4.79 Å². The molecule has 0 bridgehead atoms. The Morgan fingerprint density at radius 3 is 2.40 bits per heavy atom. The Morgan fingerprint density at radius 1 is 1.00 bits per heavy atom. The third-order valence-corrected chi connectivity index (χ3v) is 6.33. The third kappa shape index (κ3) is 3.31. The fourth-order valence-corrected chi connectivity index (χ4v) is 4.58. The van der Waals surface area contributed by atoms with Crippen LogP contribution in [0, 0.1) is 5.92 Å². The molecule has 1 saturated carbocycles. The van der Waals surface area contributed by atoms with E-state index in [2.05, 4.69) is 11.4 Å². The van der Waals surface area contributed by atoms with Gasteiger partial charge in [0, 0.05) is 42.9 Å². The predicted molar refractivity (Wildman–Crippen MR) is 99.1 cm³/mol. The lowest BCUT2D eigenvalue weighted by atomic mass is 10.1. The van der Waals surface area contributed by atoms with E-state index < -0.39 is 0 Å². The molecule has 2 aliphatic rings. The Hall–Kier alpha value is -1.85. The summed E-state index contributed by atoms with van der Waals surface area (Å²) < 4.78 is 0. The van der Waals surface area contributed by atoms with Crippen molar-refractivity contribution in [3.8, 4) is 0 Å². The van der Waals surface area contributed by atoms with Gasteiger partial charge in [0.2, 0.25) is 5.91 Å². The number of amides is 2. The first kappa shape index (κ1) is 16.6. The first-order valence-electron chi connectivity index (χ1n) is 8.51. The molecule has 130 valence electrons. The van der Waals surface area contributed by atoms with E-state index in [0.29, 0.717) is 42.7 Å². The normalized spacial score (nSPS) is 22.8. The number of nitrogens with zero attached hydrogens (tertiary/aromatic N) is 2. The van der Waals surface area contributed by atoms with Crippen LogP contribution in [0.15, 0.2) is 41.8 Å². The maximum Gasteiger partial charge on any atom is 0.255 e. The minimum atomic E-state index is -0.0550. The molecule has 0 N–H and O–H groups in total. The standard InChI is InChI=1S/C19H19ClN2O2S/c20-16-5-2-1-4-13(16)18(23)21-7-9-22(10-8-21)19(24)15-12-14(15)17-6-3-11-25-17/h1-6,11,14-15H,7-10,12H2/t14-,15+/m0/s1.